The van der Waals surface area contributed by atoms with E-state index in [1.807, 2.05) is 6.07 Å². The molecular weight excluding hydrogens is 343 g/mol. The number of rotatable bonds is 6. The van der Waals surface area contributed by atoms with Crippen molar-refractivity contribution in [3.63, 3.8) is 0 Å². The molecule has 0 aliphatic heterocycles. The first kappa shape index (κ1) is 19.2. The maximum absolute atomic E-state index is 13.8. The smallest absolute Gasteiger partial charge is 0.238 e. The third kappa shape index (κ3) is 3.78. The summed E-state index contributed by atoms with van der Waals surface area (Å²) in [7, 11) is 1.68. The lowest BCUT2D eigenvalue weighted by Crippen LogP contribution is -2.08. The van der Waals surface area contributed by atoms with Crippen LogP contribution in [0.2, 0.25) is 0 Å². The average Bonchev–Trinajstić information content (AvgIpc) is 2.84. The molecule has 0 amide bonds. The van der Waals surface area contributed by atoms with Crippen LogP contribution in [0.3, 0.4) is 0 Å². The Kier molecular flexibility index (Phi) is 6.39. The van der Waals surface area contributed by atoms with E-state index in [4.69, 9.17) is 9.47 Å². The number of aromatic nitrogens is 2. The molecular formula is C19H22ClFN2O2. The van der Waals surface area contributed by atoms with E-state index in [1.165, 1.54) is 11.6 Å². The van der Waals surface area contributed by atoms with Crippen LogP contribution < -0.4 is 4.74 Å². The fourth-order valence-electron chi connectivity index (χ4n) is 2.89. The maximum atomic E-state index is 13.8. The van der Waals surface area contributed by atoms with Gasteiger partial charge in [-0.25, -0.2) is 9.37 Å². The third-order valence-corrected chi connectivity index (χ3v) is 4.35. The Morgan fingerprint density at radius 2 is 1.92 bits per heavy atom. The second-order valence-corrected chi connectivity index (χ2v) is 5.75. The van der Waals surface area contributed by atoms with Crippen molar-refractivity contribution >= 4 is 23.3 Å². The van der Waals surface area contributed by atoms with Gasteiger partial charge in [0.05, 0.1) is 6.61 Å². The number of ether oxygens (including phenoxy) is 2. The fraction of sp³-hybridized carbons (Fsp3) is 0.316. The van der Waals surface area contributed by atoms with Gasteiger partial charge in [0.25, 0.3) is 0 Å². The fourth-order valence-corrected chi connectivity index (χ4v) is 2.89. The molecule has 2 aromatic heterocycles. The first-order chi connectivity index (χ1) is 11.6. The highest BCUT2D eigenvalue weighted by atomic mass is 35.5. The summed E-state index contributed by atoms with van der Waals surface area (Å²) in [6, 6.07) is 8.60. The van der Waals surface area contributed by atoms with Crippen LogP contribution in [0, 0.1) is 19.7 Å². The van der Waals surface area contributed by atoms with Crippen LogP contribution in [-0.2, 0) is 17.9 Å². The number of pyridine rings is 1. The molecule has 0 radical (unpaired) electrons. The van der Waals surface area contributed by atoms with Crippen LogP contribution in [0.1, 0.15) is 16.8 Å². The van der Waals surface area contributed by atoms with Crippen LogP contribution in [0.5, 0.6) is 5.88 Å². The average molecular weight is 365 g/mol. The molecule has 0 bridgehead atoms. The van der Waals surface area contributed by atoms with E-state index >= 15 is 0 Å². The Balaban J connectivity index is 0.00000225. The number of hydrogen-bond donors (Lipinski definition) is 0. The van der Waals surface area contributed by atoms with Gasteiger partial charge in [0.2, 0.25) is 5.88 Å². The molecule has 0 fully saturated rings. The zero-order valence-electron chi connectivity index (χ0n) is 14.6. The largest absolute Gasteiger partial charge is 0.471 e. The highest BCUT2D eigenvalue weighted by Crippen LogP contribution is 2.31. The van der Waals surface area contributed by atoms with Crippen molar-refractivity contribution in [2.24, 2.45) is 0 Å². The minimum atomic E-state index is -0.271. The summed E-state index contributed by atoms with van der Waals surface area (Å²) in [4.78, 5) is 4.37. The molecule has 0 aliphatic rings. The highest BCUT2D eigenvalue weighted by Gasteiger charge is 2.16. The van der Waals surface area contributed by atoms with Gasteiger partial charge in [-0.2, -0.15) is 0 Å². The van der Waals surface area contributed by atoms with Crippen LogP contribution in [-0.4, -0.2) is 23.3 Å². The molecule has 2 heterocycles. The maximum Gasteiger partial charge on any atom is 0.238 e. The molecule has 0 saturated carbocycles. The molecule has 134 valence electrons. The van der Waals surface area contributed by atoms with E-state index in [9.17, 15) is 4.39 Å². The summed E-state index contributed by atoms with van der Waals surface area (Å²) in [5.74, 6) is 0.245. The minimum absolute atomic E-state index is 0. The van der Waals surface area contributed by atoms with Crippen LogP contribution in [0.4, 0.5) is 4.39 Å². The molecule has 0 N–H and O–H groups in total. The molecule has 3 aromatic rings. The molecule has 0 saturated heterocycles. The van der Waals surface area contributed by atoms with Crippen molar-refractivity contribution < 1.29 is 13.9 Å². The number of halogens is 2. The molecule has 6 heteroatoms. The summed E-state index contributed by atoms with van der Waals surface area (Å²) in [5, 5.41) is 1.10. The van der Waals surface area contributed by atoms with Gasteiger partial charge in [-0.15, -0.1) is 12.4 Å². The van der Waals surface area contributed by atoms with Crippen molar-refractivity contribution in [1.82, 2.24) is 9.55 Å². The van der Waals surface area contributed by atoms with Crippen LogP contribution in [0.15, 0.2) is 36.5 Å². The topological polar surface area (TPSA) is 36.3 Å². The quantitative estimate of drug-likeness (QED) is 0.648. The summed E-state index contributed by atoms with van der Waals surface area (Å²) >= 11 is 0. The number of nitrogens with zero attached hydrogens (tertiary/aromatic N) is 2. The zero-order chi connectivity index (χ0) is 17.1. The van der Waals surface area contributed by atoms with E-state index in [-0.39, 0.29) is 24.8 Å². The van der Waals surface area contributed by atoms with Gasteiger partial charge >= 0.3 is 0 Å². The second kappa shape index (κ2) is 8.32. The van der Waals surface area contributed by atoms with Gasteiger partial charge in [0, 0.05) is 36.5 Å². The monoisotopic (exact) mass is 364 g/mol. The van der Waals surface area contributed by atoms with Crippen LogP contribution in [0.25, 0.3) is 10.9 Å². The Morgan fingerprint density at radius 1 is 1.16 bits per heavy atom. The molecule has 1 aromatic carbocycles. The molecule has 3 rings (SSSR count). The molecule has 0 unspecified atom stereocenters. The van der Waals surface area contributed by atoms with Gasteiger partial charge in [-0.3, -0.25) is 0 Å². The second-order valence-electron chi connectivity index (χ2n) is 5.75. The lowest BCUT2D eigenvalue weighted by Gasteiger charge is -2.12. The zero-order valence-corrected chi connectivity index (χ0v) is 15.4. The number of aryl methyl sites for hydroxylation is 1. The highest BCUT2D eigenvalue weighted by molar-refractivity contribution is 5.88. The van der Waals surface area contributed by atoms with Gasteiger partial charge in [0.1, 0.15) is 17.9 Å². The Morgan fingerprint density at radius 3 is 2.64 bits per heavy atom. The van der Waals surface area contributed by atoms with Gasteiger partial charge in [-0.1, -0.05) is 18.2 Å². The molecule has 0 aliphatic carbocycles. The minimum Gasteiger partial charge on any atom is -0.471 e. The van der Waals surface area contributed by atoms with E-state index in [2.05, 4.69) is 23.4 Å². The van der Waals surface area contributed by atoms with E-state index in [0.29, 0.717) is 24.6 Å². The standard InChI is InChI=1S/C19H21FN2O2.ClH/c1-13-14(2)22(10-11-23-3)18-16(13)8-9-21-19(18)24-12-15-6-4-5-7-17(15)20;/h4-9H,10-12H2,1-3H3;1H. The van der Waals surface area contributed by atoms with Crippen molar-refractivity contribution in [2.45, 2.75) is 27.0 Å². The van der Waals surface area contributed by atoms with Crippen molar-refractivity contribution in [2.75, 3.05) is 13.7 Å². The van der Waals surface area contributed by atoms with Gasteiger partial charge < -0.3 is 14.0 Å². The SMILES string of the molecule is COCCn1c(C)c(C)c2ccnc(OCc3ccccc3F)c21.Cl. The summed E-state index contributed by atoms with van der Waals surface area (Å²) < 4.78 is 27.0. The third-order valence-electron chi connectivity index (χ3n) is 4.35. The molecule has 0 atom stereocenters. The van der Waals surface area contributed by atoms with E-state index < -0.39 is 0 Å². The molecule has 0 spiro atoms. The number of benzene rings is 1. The number of fused-ring (bicyclic) bond motifs is 1. The number of methoxy groups -OCH3 is 1. The van der Waals surface area contributed by atoms with Gasteiger partial charge in [0.15, 0.2) is 0 Å². The molecule has 25 heavy (non-hydrogen) atoms. The first-order valence-corrected chi connectivity index (χ1v) is 7.93. The normalized spacial score (nSPS) is 10.7. The molecule has 4 nitrogen and oxygen atoms in total. The lowest BCUT2D eigenvalue weighted by molar-refractivity contribution is 0.187. The Bertz CT molecular complexity index is 864. The lowest BCUT2D eigenvalue weighted by atomic mass is 10.2. The van der Waals surface area contributed by atoms with Crippen molar-refractivity contribution in [1.29, 1.82) is 0 Å². The van der Waals surface area contributed by atoms with E-state index in [0.717, 1.165) is 16.6 Å². The summed E-state index contributed by atoms with van der Waals surface area (Å²) in [5.41, 5.74) is 3.80. The number of hydrogen-bond acceptors (Lipinski definition) is 3. The predicted molar refractivity (Wildman–Crippen MR) is 99.1 cm³/mol. The predicted octanol–water partition coefficient (Wildman–Crippen LogP) is 4.44. The first-order valence-electron chi connectivity index (χ1n) is 7.93. The van der Waals surface area contributed by atoms with Gasteiger partial charge in [-0.05, 0) is 31.5 Å². The van der Waals surface area contributed by atoms with Crippen molar-refractivity contribution in [3.8, 4) is 5.88 Å². The van der Waals surface area contributed by atoms with Crippen LogP contribution >= 0.6 is 12.4 Å². The van der Waals surface area contributed by atoms with Crippen molar-refractivity contribution in [3.05, 3.63) is 59.2 Å². The Labute approximate surface area is 153 Å². The Hall–Kier alpha value is -2.11. The summed E-state index contributed by atoms with van der Waals surface area (Å²) in [6.07, 6.45) is 1.73. The van der Waals surface area contributed by atoms with E-state index in [1.54, 1.807) is 31.5 Å². The summed E-state index contributed by atoms with van der Waals surface area (Å²) in [6.45, 7) is 5.62.